The Labute approximate surface area is 205 Å². The molecule has 172 valence electrons. The van der Waals surface area contributed by atoms with E-state index in [2.05, 4.69) is 70.9 Å². The number of nitrogens with zero attached hydrogens (tertiary/aromatic N) is 3. The summed E-state index contributed by atoms with van der Waals surface area (Å²) in [4.78, 5) is 6.73. The number of pyridine rings is 1. The number of thiocarbonyl (C=S) groups is 1. The average molecular weight is 471 g/mol. The van der Waals surface area contributed by atoms with Gasteiger partial charge in [-0.1, -0.05) is 31.2 Å². The number of nitrogens with one attached hydrogen (secondary N) is 1. The summed E-state index contributed by atoms with van der Waals surface area (Å²) in [6.45, 7) is 6.48. The number of para-hydroxylation sites is 1. The van der Waals surface area contributed by atoms with Gasteiger partial charge in [0.15, 0.2) is 5.11 Å². The first-order valence-electron chi connectivity index (χ1n) is 11.5. The van der Waals surface area contributed by atoms with Crippen molar-refractivity contribution in [3.05, 3.63) is 113 Å². The Morgan fingerprint density at radius 2 is 1.74 bits per heavy atom. The van der Waals surface area contributed by atoms with E-state index >= 15 is 0 Å². The van der Waals surface area contributed by atoms with Crippen LogP contribution in [-0.4, -0.2) is 14.7 Å². The van der Waals surface area contributed by atoms with Crippen LogP contribution in [0.3, 0.4) is 0 Å². The number of aromatic nitrogens is 2. The third-order valence-electron chi connectivity index (χ3n) is 6.61. The standard InChI is InChI=1S/C28H27FN4S/c1-4-20-9-5-6-11-25(20)32-18(2)17-23(19(32)3)27-26(24-10-7-8-16-30-24)31-28(34)33(27)22-14-12-21(29)13-15-22/h5-17,26-27H,4H2,1-3H3,(H,31,34)/t26-,27-/m1/s1. The Kier molecular flexibility index (Phi) is 5.92. The number of halogens is 1. The first-order valence-corrected chi connectivity index (χ1v) is 11.9. The molecule has 1 saturated heterocycles. The second-order valence-electron chi connectivity index (χ2n) is 8.62. The van der Waals surface area contributed by atoms with Crippen LogP contribution >= 0.6 is 12.2 Å². The topological polar surface area (TPSA) is 33.1 Å². The number of hydrogen-bond acceptors (Lipinski definition) is 2. The highest BCUT2D eigenvalue weighted by Crippen LogP contribution is 2.43. The van der Waals surface area contributed by atoms with Crippen LogP contribution in [0.1, 0.15) is 47.2 Å². The van der Waals surface area contributed by atoms with Crippen LogP contribution in [0.2, 0.25) is 0 Å². The summed E-state index contributed by atoms with van der Waals surface area (Å²) in [6.07, 6.45) is 2.76. The van der Waals surface area contributed by atoms with E-state index in [0.29, 0.717) is 5.11 Å². The van der Waals surface area contributed by atoms with Crippen molar-refractivity contribution in [1.29, 1.82) is 0 Å². The lowest BCUT2D eigenvalue weighted by Gasteiger charge is -2.28. The highest BCUT2D eigenvalue weighted by molar-refractivity contribution is 7.80. The van der Waals surface area contributed by atoms with E-state index in [0.717, 1.165) is 34.8 Å². The molecule has 2 aromatic heterocycles. The van der Waals surface area contributed by atoms with Gasteiger partial charge >= 0.3 is 0 Å². The zero-order chi connectivity index (χ0) is 23.8. The maximum Gasteiger partial charge on any atom is 0.174 e. The van der Waals surface area contributed by atoms with Crippen LogP contribution < -0.4 is 10.2 Å². The Bertz CT molecular complexity index is 1330. The number of anilines is 1. The fraction of sp³-hybridized carbons (Fsp3) is 0.214. The molecular formula is C28H27FN4S. The molecule has 0 bridgehead atoms. The molecule has 3 heterocycles. The summed E-state index contributed by atoms with van der Waals surface area (Å²) in [6, 6.07) is 22.9. The second-order valence-corrected chi connectivity index (χ2v) is 9.00. The van der Waals surface area contributed by atoms with Gasteiger partial charge in [0.05, 0.1) is 17.8 Å². The molecule has 0 saturated carbocycles. The third kappa shape index (κ3) is 3.78. The number of aryl methyl sites for hydroxylation is 2. The van der Waals surface area contributed by atoms with Gasteiger partial charge in [0.25, 0.3) is 0 Å². The van der Waals surface area contributed by atoms with Crippen molar-refractivity contribution in [3.63, 3.8) is 0 Å². The Balaban J connectivity index is 1.69. The van der Waals surface area contributed by atoms with Gasteiger partial charge in [-0.3, -0.25) is 4.98 Å². The van der Waals surface area contributed by atoms with Gasteiger partial charge in [0.1, 0.15) is 5.82 Å². The van der Waals surface area contributed by atoms with Crippen molar-refractivity contribution in [1.82, 2.24) is 14.9 Å². The van der Waals surface area contributed by atoms with Crippen molar-refractivity contribution >= 4 is 23.0 Å². The molecule has 5 rings (SSSR count). The summed E-state index contributed by atoms with van der Waals surface area (Å²) < 4.78 is 16.1. The Hall–Kier alpha value is -3.51. The summed E-state index contributed by atoms with van der Waals surface area (Å²) in [5, 5.41) is 4.09. The molecule has 34 heavy (non-hydrogen) atoms. The minimum absolute atomic E-state index is 0.137. The maximum atomic E-state index is 13.7. The third-order valence-corrected chi connectivity index (χ3v) is 6.92. The molecule has 2 atom stereocenters. The first-order chi connectivity index (χ1) is 16.5. The first kappa shape index (κ1) is 22.3. The van der Waals surface area contributed by atoms with E-state index in [1.165, 1.54) is 23.4 Å². The summed E-state index contributed by atoms with van der Waals surface area (Å²) in [5.74, 6) is -0.269. The molecule has 1 aliphatic heterocycles. The maximum absolute atomic E-state index is 13.7. The van der Waals surface area contributed by atoms with Gasteiger partial charge in [-0.15, -0.1) is 0 Å². The fourth-order valence-electron chi connectivity index (χ4n) is 5.04. The van der Waals surface area contributed by atoms with Crippen molar-refractivity contribution in [2.45, 2.75) is 39.3 Å². The Morgan fingerprint density at radius 3 is 2.44 bits per heavy atom. The molecule has 0 amide bonds. The molecule has 0 unspecified atom stereocenters. The summed E-state index contributed by atoms with van der Waals surface area (Å²) >= 11 is 5.81. The quantitative estimate of drug-likeness (QED) is 0.344. The molecule has 0 aliphatic carbocycles. The van der Waals surface area contributed by atoms with Crippen molar-refractivity contribution in [3.8, 4) is 5.69 Å². The van der Waals surface area contributed by atoms with Gasteiger partial charge in [-0.25, -0.2) is 4.39 Å². The zero-order valence-corrected chi connectivity index (χ0v) is 20.3. The van der Waals surface area contributed by atoms with Crippen LogP contribution in [0, 0.1) is 19.7 Å². The van der Waals surface area contributed by atoms with Crippen LogP contribution in [0.4, 0.5) is 10.1 Å². The number of rotatable bonds is 5. The van der Waals surface area contributed by atoms with Crippen LogP contribution in [0.15, 0.2) is 79.0 Å². The predicted molar refractivity (Wildman–Crippen MR) is 139 cm³/mol. The van der Waals surface area contributed by atoms with E-state index in [9.17, 15) is 4.39 Å². The molecule has 2 aromatic carbocycles. The van der Waals surface area contributed by atoms with E-state index in [1.54, 1.807) is 18.3 Å². The molecule has 4 nitrogen and oxygen atoms in total. The molecule has 1 aliphatic rings. The van der Waals surface area contributed by atoms with Gasteiger partial charge in [-0.2, -0.15) is 0 Å². The lowest BCUT2D eigenvalue weighted by molar-refractivity contribution is 0.565. The lowest BCUT2D eigenvalue weighted by Crippen LogP contribution is -2.29. The highest BCUT2D eigenvalue weighted by Gasteiger charge is 2.42. The van der Waals surface area contributed by atoms with Crippen molar-refractivity contribution < 1.29 is 4.39 Å². The molecule has 0 spiro atoms. The predicted octanol–water partition coefficient (Wildman–Crippen LogP) is 6.37. The minimum atomic E-state index is -0.269. The normalized spacial score (nSPS) is 17.8. The molecule has 4 aromatic rings. The lowest BCUT2D eigenvalue weighted by atomic mass is 9.96. The molecular weight excluding hydrogens is 443 g/mol. The zero-order valence-electron chi connectivity index (χ0n) is 19.5. The SMILES string of the molecule is CCc1ccccc1-n1c(C)cc([C@@H]2[C@@H](c3ccccn3)NC(=S)N2c2ccc(F)cc2)c1C. The molecule has 0 radical (unpaired) electrons. The number of benzene rings is 2. The summed E-state index contributed by atoms with van der Waals surface area (Å²) in [5.41, 5.74) is 7.73. The van der Waals surface area contributed by atoms with Gasteiger partial charge < -0.3 is 14.8 Å². The van der Waals surface area contributed by atoms with Gasteiger partial charge in [0, 0.05) is 29.0 Å². The Morgan fingerprint density at radius 1 is 1.00 bits per heavy atom. The molecule has 6 heteroatoms. The van der Waals surface area contributed by atoms with Crippen molar-refractivity contribution in [2.75, 3.05) is 4.90 Å². The van der Waals surface area contributed by atoms with Crippen LogP contribution in [0.5, 0.6) is 0 Å². The van der Waals surface area contributed by atoms with E-state index in [4.69, 9.17) is 12.2 Å². The number of hydrogen-bond donors (Lipinski definition) is 1. The minimum Gasteiger partial charge on any atom is -0.351 e. The monoisotopic (exact) mass is 470 g/mol. The van der Waals surface area contributed by atoms with Gasteiger partial charge in [0.2, 0.25) is 0 Å². The average Bonchev–Trinajstić information content (AvgIpc) is 3.35. The van der Waals surface area contributed by atoms with Crippen molar-refractivity contribution in [2.24, 2.45) is 0 Å². The molecule has 1 N–H and O–H groups in total. The van der Waals surface area contributed by atoms with Crippen LogP contribution in [-0.2, 0) is 6.42 Å². The largest absolute Gasteiger partial charge is 0.351 e. The highest BCUT2D eigenvalue weighted by atomic mass is 32.1. The van der Waals surface area contributed by atoms with E-state index < -0.39 is 0 Å². The fourth-order valence-corrected chi connectivity index (χ4v) is 5.38. The van der Waals surface area contributed by atoms with Crippen LogP contribution in [0.25, 0.3) is 5.69 Å². The smallest absolute Gasteiger partial charge is 0.174 e. The van der Waals surface area contributed by atoms with E-state index in [1.807, 2.05) is 18.2 Å². The summed E-state index contributed by atoms with van der Waals surface area (Å²) in [7, 11) is 0. The van der Waals surface area contributed by atoms with Gasteiger partial charge in [-0.05, 0) is 92.1 Å². The second kappa shape index (κ2) is 9.03. The van der Waals surface area contributed by atoms with E-state index in [-0.39, 0.29) is 17.9 Å². The molecule has 1 fully saturated rings.